The molecule has 128 valence electrons. The van der Waals surface area contributed by atoms with Crippen molar-refractivity contribution < 1.29 is 9.90 Å². The second-order valence-electron chi connectivity index (χ2n) is 7.03. The summed E-state index contributed by atoms with van der Waals surface area (Å²) in [5, 5.41) is 11.3. The SMILES string of the molecule is CCCCC(=O)N1CCN(c2c(O)cnc3[nH]ccc23)CC12CC2. The lowest BCUT2D eigenvalue weighted by Gasteiger charge is -2.43. The predicted octanol–water partition coefficient (Wildman–Crippen LogP) is 2.64. The molecule has 2 aromatic rings. The number of H-pyrrole nitrogens is 1. The van der Waals surface area contributed by atoms with Crippen LogP contribution in [0.1, 0.15) is 39.0 Å². The summed E-state index contributed by atoms with van der Waals surface area (Å²) in [5.74, 6) is 0.503. The number of hydrogen-bond donors (Lipinski definition) is 2. The van der Waals surface area contributed by atoms with E-state index in [1.165, 1.54) is 6.20 Å². The Labute approximate surface area is 141 Å². The first-order chi connectivity index (χ1) is 11.6. The van der Waals surface area contributed by atoms with Gasteiger partial charge in [0.1, 0.15) is 5.65 Å². The molecule has 24 heavy (non-hydrogen) atoms. The van der Waals surface area contributed by atoms with Crippen LogP contribution in [0.25, 0.3) is 11.0 Å². The highest BCUT2D eigenvalue weighted by molar-refractivity contribution is 5.93. The molecule has 2 fully saturated rings. The number of carbonyl (C=O) groups excluding carboxylic acids is 1. The molecule has 0 atom stereocenters. The van der Waals surface area contributed by atoms with Gasteiger partial charge in [0, 0.05) is 37.6 Å². The molecule has 1 amide bonds. The van der Waals surface area contributed by atoms with E-state index in [0.29, 0.717) is 12.3 Å². The molecule has 0 unspecified atom stereocenters. The summed E-state index contributed by atoms with van der Waals surface area (Å²) < 4.78 is 0. The Morgan fingerprint density at radius 3 is 3.00 bits per heavy atom. The maximum Gasteiger partial charge on any atom is 0.223 e. The average Bonchev–Trinajstić information content (AvgIpc) is 3.16. The van der Waals surface area contributed by atoms with Gasteiger partial charge in [-0.15, -0.1) is 0 Å². The summed E-state index contributed by atoms with van der Waals surface area (Å²) >= 11 is 0. The van der Waals surface area contributed by atoms with Crippen molar-refractivity contribution in [3.8, 4) is 5.75 Å². The molecule has 1 spiro atoms. The Hall–Kier alpha value is -2.24. The first kappa shape index (κ1) is 15.3. The van der Waals surface area contributed by atoms with E-state index in [-0.39, 0.29) is 11.3 Å². The van der Waals surface area contributed by atoms with Crippen molar-refractivity contribution in [1.82, 2.24) is 14.9 Å². The van der Waals surface area contributed by atoms with Crippen LogP contribution >= 0.6 is 0 Å². The van der Waals surface area contributed by atoms with Crippen molar-refractivity contribution in [3.05, 3.63) is 18.5 Å². The smallest absolute Gasteiger partial charge is 0.223 e. The van der Waals surface area contributed by atoms with Crippen LogP contribution in [0.2, 0.25) is 0 Å². The van der Waals surface area contributed by atoms with Gasteiger partial charge in [-0.3, -0.25) is 4.79 Å². The summed E-state index contributed by atoms with van der Waals surface area (Å²) in [7, 11) is 0. The topological polar surface area (TPSA) is 72.5 Å². The third-order valence-corrected chi connectivity index (χ3v) is 5.38. The molecule has 1 aliphatic carbocycles. The Kier molecular flexibility index (Phi) is 3.62. The molecule has 2 aliphatic rings. The molecule has 0 radical (unpaired) electrons. The van der Waals surface area contributed by atoms with E-state index < -0.39 is 0 Å². The summed E-state index contributed by atoms with van der Waals surface area (Å²) in [6.45, 7) is 4.39. The van der Waals surface area contributed by atoms with Gasteiger partial charge in [0.2, 0.25) is 5.91 Å². The number of fused-ring (bicyclic) bond motifs is 1. The van der Waals surface area contributed by atoms with E-state index in [0.717, 1.165) is 62.0 Å². The van der Waals surface area contributed by atoms with Crippen LogP contribution in [-0.2, 0) is 4.79 Å². The number of piperazine rings is 1. The van der Waals surface area contributed by atoms with Crippen LogP contribution in [-0.4, -0.2) is 51.1 Å². The molecule has 2 N–H and O–H groups in total. The number of rotatable bonds is 4. The number of anilines is 1. The summed E-state index contributed by atoms with van der Waals surface area (Å²) in [6, 6.07) is 1.95. The predicted molar refractivity (Wildman–Crippen MR) is 93.2 cm³/mol. The zero-order chi connectivity index (χ0) is 16.7. The van der Waals surface area contributed by atoms with Crippen molar-refractivity contribution in [1.29, 1.82) is 0 Å². The molecule has 2 aromatic heterocycles. The molecular weight excluding hydrogens is 304 g/mol. The van der Waals surface area contributed by atoms with Crippen LogP contribution in [0.3, 0.4) is 0 Å². The van der Waals surface area contributed by atoms with Crippen molar-refractivity contribution in [2.45, 2.75) is 44.6 Å². The van der Waals surface area contributed by atoms with Crippen LogP contribution < -0.4 is 4.90 Å². The molecule has 4 rings (SSSR count). The summed E-state index contributed by atoms with van der Waals surface area (Å²) in [5.41, 5.74) is 1.60. The van der Waals surface area contributed by atoms with Gasteiger partial charge in [-0.05, 0) is 25.3 Å². The number of carbonyl (C=O) groups is 1. The minimum Gasteiger partial charge on any atom is -0.504 e. The number of aromatic amines is 1. The number of unbranched alkanes of at least 4 members (excludes halogenated alkanes) is 1. The van der Waals surface area contributed by atoms with Gasteiger partial charge >= 0.3 is 0 Å². The zero-order valence-electron chi connectivity index (χ0n) is 14.1. The Morgan fingerprint density at radius 1 is 1.42 bits per heavy atom. The van der Waals surface area contributed by atoms with Crippen LogP contribution in [0.4, 0.5) is 5.69 Å². The number of pyridine rings is 1. The largest absolute Gasteiger partial charge is 0.504 e. The minimum atomic E-state index is -0.0264. The van der Waals surface area contributed by atoms with Gasteiger partial charge in [-0.1, -0.05) is 13.3 Å². The number of hydrogen-bond acceptors (Lipinski definition) is 4. The van der Waals surface area contributed by atoms with E-state index >= 15 is 0 Å². The number of aromatic nitrogens is 2. The highest BCUT2D eigenvalue weighted by Crippen LogP contribution is 2.47. The van der Waals surface area contributed by atoms with E-state index in [1.54, 1.807) is 0 Å². The molecular formula is C18H24N4O2. The maximum atomic E-state index is 12.5. The number of aromatic hydroxyl groups is 1. The van der Waals surface area contributed by atoms with E-state index in [1.807, 2.05) is 12.3 Å². The van der Waals surface area contributed by atoms with Gasteiger partial charge in [0.15, 0.2) is 5.75 Å². The third-order valence-electron chi connectivity index (χ3n) is 5.38. The highest BCUT2D eigenvalue weighted by atomic mass is 16.3. The van der Waals surface area contributed by atoms with Crippen molar-refractivity contribution in [2.75, 3.05) is 24.5 Å². The standard InChI is InChI=1S/C18H24N4O2/c1-2-3-4-15(24)22-10-9-21(12-18(22)6-7-18)16-13-5-8-19-17(13)20-11-14(16)23/h5,8,11,23H,2-4,6-7,9-10,12H2,1H3,(H,19,20). The number of nitrogens with zero attached hydrogens (tertiary/aromatic N) is 3. The second-order valence-corrected chi connectivity index (χ2v) is 7.03. The summed E-state index contributed by atoms with van der Waals surface area (Å²) in [6.07, 6.45) is 8.14. The lowest BCUT2D eigenvalue weighted by atomic mass is 10.1. The van der Waals surface area contributed by atoms with Crippen LogP contribution in [0.15, 0.2) is 18.5 Å². The Balaban J connectivity index is 1.59. The zero-order valence-corrected chi connectivity index (χ0v) is 14.1. The Morgan fingerprint density at radius 2 is 2.25 bits per heavy atom. The fraction of sp³-hybridized carbons (Fsp3) is 0.556. The number of amides is 1. The average molecular weight is 328 g/mol. The van der Waals surface area contributed by atoms with Gasteiger partial charge in [-0.2, -0.15) is 0 Å². The molecule has 6 nitrogen and oxygen atoms in total. The van der Waals surface area contributed by atoms with E-state index in [9.17, 15) is 9.90 Å². The first-order valence-corrected chi connectivity index (χ1v) is 8.85. The molecule has 6 heteroatoms. The molecule has 1 aliphatic heterocycles. The second kappa shape index (κ2) is 5.69. The van der Waals surface area contributed by atoms with E-state index in [4.69, 9.17) is 0 Å². The monoisotopic (exact) mass is 328 g/mol. The molecule has 0 aromatic carbocycles. The summed E-state index contributed by atoms with van der Waals surface area (Å²) in [4.78, 5) is 24.2. The molecule has 1 saturated heterocycles. The molecule has 3 heterocycles. The van der Waals surface area contributed by atoms with Crippen molar-refractivity contribution in [2.24, 2.45) is 0 Å². The lowest BCUT2D eigenvalue weighted by molar-refractivity contribution is -0.135. The fourth-order valence-electron chi connectivity index (χ4n) is 3.91. The first-order valence-electron chi connectivity index (χ1n) is 8.85. The normalized spacial score (nSPS) is 19.2. The van der Waals surface area contributed by atoms with Crippen molar-refractivity contribution in [3.63, 3.8) is 0 Å². The van der Waals surface area contributed by atoms with Gasteiger partial charge in [-0.25, -0.2) is 4.98 Å². The maximum absolute atomic E-state index is 12.5. The van der Waals surface area contributed by atoms with Crippen LogP contribution in [0.5, 0.6) is 5.75 Å². The molecule has 0 bridgehead atoms. The fourth-order valence-corrected chi connectivity index (χ4v) is 3.91. The van der Waals surface area contributed by atoms with Gasteiger partial charge in [0.25, 0.3) is 0 Å². The van der Waals surface area contributed by atoms with E-state index in [2.05, 4.69) is 26.7 Å². The highest BCUT2D eigenvalue weighted by Gasteiger charge is 2.53. The lowest BCUT2D eigenvalue weighted by Crippen LogP contribution is -2.57. The quantitative estimate of drug-likeness (QED) is 0.905. The van der Waals surface area contributed by atoms with Gasteiger partial charge < -0.3 is 19.9 Å². The Bertz CT molecular complexity index is 765. The number of nitrogens with one attached hydrogen (secondary N) is 1. The molecule has 1 saturated carbocycles. The van der Waals surface area contributed by atoms with Crippen molar-refractivity contribution >= 4 is 22.6 Å². The van der Waals surface area contributed by atoms with Crippen LogP contribution in [0, 0.1) is 0 Å². The minimum absolute atomic E-state index is 0.0264. The van der Waals surface area contributed by atoms with Gasteiger partial charge in [0.05, 0.1) is 17.4 Å². The third kappa shape index (κ3) is 2.41.